The molecule has 1 aromatic carbocycles. The molecule has 2 rings (SSSR count). The summed E-state index contributed by atoms with van der Waals surface area (Å²) < 4.78 is 5.10. The number of hydrogen-bond donors (Lipinski definition) is 1. The lowest BCUT2D eigenvalue weighted by Gasteiger charge is -2.40. The first-order valence-corrected chi connectivity index (χ1v) is 7.65. The first kappa shape index (κ1) is 16.0. The first-order chi connectivity index (χ1) is 10.2. The van der Waals surface area contributed by atoms with Crippen LogP contribution in [0.3, 0.4) is 0 Å². The summed E-state index contributed by atoms with van der Waals surface area (Å²) >= 11 is 0. The Kier molecular flexibility index (Phi) is 5.76. The predicted octanol–water partition coefficient (Wildman–Crippen LogP) is 2.43. The van der Waals surface area contributed by atoms with E-state index in [-0.39, 0.29) is 0 Å². The van der Waals surface area contributed by atoms with Crippen LogP contribution in [0, 0.1) is 5.41 Å². The molecule has 4 nitrogen and oxygen atoms in total. The highest BCUT2D eigenvalue weighted by molar-refractivity contribution is 5.75. The van der Waals surface area contributed by atoms with Gasteiger partial charge in [0.25, 0.3) is 0 Å². The van der Waals surface area contributed by atoms with Crippen molar-refractivity contribution in [2.24, 2.45) is 5.41 Å². The fourth-order valence-corrected chi connectivity index (χ4v) is 3.13. The maximum absolute atomic E-state index is 11.7. The van der Waals surface area contributed by atoms with E-state index in [0.717, 1.165) is 32.4 Å². The second-order valence-electron chi connectivity index (χ2n) is 5.94. The number of carbonyl (C=O) groups is 1. The van der Waals surface area contributed by atoms with Crippen LogP contribution in [-0.4, -0.2) is 49.3 Å². The molecular weight excluding hydrogens is 266 g/mol. The second kappa shape index (κ2) is 7.57. The summed E-state index contributed by atoms with van der Waals surface area (Å²) in [6, 6.07) is 10.4. The van der Waals surface area contributed by atoms with Crippen molar-refractivity contribution >= 4 is 5.97 Å². The van der Waals surface area contributed by atoms with Gasteiger partial charge in [0, 0.05) is 26.8 Å². The molecule has 1 aliphatic rings. The zero-order valence-corrected chi connectivity index (χ0v) is 12.8. The smallest absolute Gasteiger partial charge is 0.311 e. The maximum atomic E-state index is 11.7. The number of carboxylic acid groups (broad SMARTS) is 1. The summed E-state index contributed by atoms with van der Waals surface area (Å²) in [5.74, 6) is -0.677. The Hall–Kier alpha value is -1.39. The van der Waals surface area contributed by atoms with Crippen LogP contribution in [0.4, 0.5) is 0 Å². The highest BCUT2D eigenvalue weighted by Gasteiger charge is 2.41. The van der Waals surface area contributed by atoms with E-state index >= 15 is 0 Å². The van der Waals surface area contributed by atoms with Crippen LogP contribution in [0.15, 0.2) is 30.3 Å². The van der Waals surface area contributed by atoms with E-state index < -0.39 is 11.4 Å². The molecule has 0 amide bonds. The van der Waals surface area contributed by atoms with Gasteiger partial charge in [0.2, 0.25) is 0 Å². The Morgan fingerprint density at radius 3 is 2.81 bits per heavy atom. The molecule has 0 radical (unpaired) electrons. The van der Waals surface area contributed by atoms with Gasteiger partial charge in [0.1, 0.15) is 0 Å². The SMILES string of the molecule is COCC[C@]1(C(=O)O)CCCN(CCc2ccccc2)C1. The summed E-state index contributed by atoms with van der Waals surface area (Å²) in [4.78, 5) is 14.0. The minimum Gasteiger partial charge on any atom is -0.481 e. The molecular formula is C17H25NO3. The molecule has 1 heterocycles. The second-order valence-corrected chi connectivity index (χ2v) is 5.94. The van der Waals surface area contributed by atoms with Crippen molar-refractivity contribution in [3.63, 3.8) is 0 Å². The Morgan fingerprint density at radius 1 is 1.38 bits per heavy atom. The van der Waals surface area contributed by atoms with E-state index in [2.05, 4.69) is 17.0 Å². The average molecular weight is 291 g/mol. The number of aliphatic carboxylic acids is 1. The van der Waals surface area contributed by atoms with Crippen LogP contribution in [0.1, 0.15) is 24.8 Å². The van der Waals surface area contributed by atoms with Crippen LogP contribution in [-0.2, 0) is 16.0 Å². The fraction of sp³-hybridized carbons (Fsp3) is 0.588. The fourth-order valence-electron chi connectivity index (χ4n) is 3.13. The Balaban J connectivity index is 1.93. The van der Waals surface area contributed by atoms with Gasteiger partial charge >= 0.3 is 5.97 Å². The highest BCUT2D eigenvalue weighted by Crippen LogP contribution is 2.34. The van der Waals surface area contributed by atoms with Gasteiger partial charge < -0.3 is 14.7 Å². The maximum Gasteiger partial charge on any atom is 0.311 e. The minimum atomic E-state index is -0.677. The Morgan fingerprint density at radius 2 is 2.14 bits per heavy atom. The van der Waals surface area contributed by atoms with Gasteiger partial charge in [-0.25, -0.2) is 0 Å². The zero-order valence-electron chi connectivity index (χ0n) is 12.8. The number of benzene rings is 1. The molecule has 116 valence electrons. The molecule has 1 atom stereocenters. The van der Waals surface area contributed by atoms with Gasteiger partial charge in [-0.15, -0.1) is 0 Å². The molecule has 1 aromatic rings. The lowest BCUT2D eigenvalue weighted by Crippen LogP contribution is -2.48. The lowest BCUT2D eigenvalue weighted by atomic mass is 9.77. The van der Waals surface area contributed by atoms with Gasteiger partial charge in [0.15, 0.2) is 0 Å². The third-order valence-corrected chi connectivity index (χ3v) is 4.45. The number of rotatable bonds is 7. The first-order valence-electron chi connectivity index (χ1n) is 7.65. The van der Waals surface area contributed by atoms with Crippen LogP contribution >= 0.6 is 0 Å². The number of piperidine rings is 1. The number of ether oxygens (including phenoxy) is 1. The number of likely N-dealkylation sites (tertiary alicyclic amines) is 1. The lowest BCUT2D eigenvalue weighted by molar-refractivity contribution is -0.154. The number of methoxy groups -OCH3 is 1. The molecule has 0 unspecified atom stereocenters. The van der Waals surface area contributed by atoms with Crippen molar-refractivity contribution in [1.82, 2.24) is 4.90 Å². The highest BCUT2D eigenvalue weighted by atomic mass is 16.5. The standard InChI is InChI=1S/C17H25NO3/c1-21-13-10-17(16(19)20)9-5-11-18(14-17)12-8-15-6-3-2-4-7-15/h2-4,6-7H,5,8-14H2,1H3,(H,19,20)/t17-/m1/s1. The van der Waals surface area contributed by atoms with E-state index in [1.165, 1.54) is 5.56 Å². The van der Waals surface area contributed by atoms with Crippen LogP contribution in [0.25, 0.3) is 0 Å². The van der Waals surface area contributed by atoms with Gasteiger partial charge in [-0.3, -0.25) is 4.79 Å². The van der Waals surface area contributed by atoms with Crippen LogP contribution < -0.4 is 0 Å². The van der Waals surface area contributed by atoms with Crippen molar-refractivity contribution in [1.29, 1.82) is 0 Å². The summed E-state index contributed by atoms with van der Waals surface area (Å²) in [6.45, 7) is 3.07. The van der Waals surface area contributed by atoms with Crippen molar-refractivity contribution < 1.29 is 14.6 Å². The topological polar surface area (TPSA) is 49.8 Å². The Labute approximate surface area is 126 Å². The minimum absolute atomic E-state index is 0.513. The van der Waals surface area contributed by atoms with Crippen molar-refractivity contribution in [2.75, 3.05) is 33.4 Å². The molecule has 0 aromatic heterocycles. The van der Waals surface area contributed by atoms with Crippen LogP contribution in [0.2, 0.25) is 0 Å². The molecule has 21 heavy (non-hydrogen) atoms. The quantitative estimate of drug-likeness (QED) is 0.838. The van der Waals surface area contributed by atoms with E-state index in [9.17, 15) is 9.90 Å². The third kappa shape index (κ3) is 4.29. The zero-order chi connectivity index (χ0) is 15.1. The molecule has 1 saturated heterocycles. The molecule has 1 aliphatic heterocycles. The largest absolute Gasteiger partial charge is 0.481 e. The van der Waals surface area contributed by atoms with Gasteiger partial charge in [-0.2, -0.15) is 0 Å². The summed E-state index contributed by atoms with van der Waals surface area (Å²) in [5.41, 5.74) is 0.672. The monoisotopic (exact) mass is 291 g/mol. The molecule has 0 aliphatic carbocycles. The number of nitrogens with zero attached hydrogens (tertiary/aromatic N) is 1. The van der Waals surface area contributed by atoms with E-state index in [1.807, 2.05) is 18.2 Å². The van der Waals surface area contributed by atoms with Crippen molar-refractivity contribution in [3.05, 3.63) is 35.9 Å². The molecule has 0 saturated carbocycles. The summed E-state index contributed by atoms with van der Waals surface area (Å²) in [7, 11) is 1.63. The molecule has 4 heteroatoms. The third-order valence-electron chi connectivity index (χ3n) is 4.45. The summed E-state index contributed by atoms with van der Waals surface area (Å²) in [6.07, 6.45) is 3.28. The Bertz CT molecular complexity index is 449. The van der Waals surface area contributed by atoms with Gasteiger partial charge in [-0.05, 0) is 37.8 Å². The number of hydrogen-bond acceptors (Lipinski definition) is 3. The normalized spacial score (nSPS) is 23.1. The summed E-state index contributed by atoms with van der Waals surface area (Å²) in [5, 5.41) is 9.64. The molecule has 1 fully saturated rings. The van der Waals surface area contributed by atoms with E-state index in [0.29, 0.717) is 19.6 Å². The molecule has 0 spiro atoms. The predicted molar refractivity (Wildman–Crippen MR) is 82.4 cm³/mol. The van der Waals surface area contributed by atoms with E-state index in [1.54, 1.807) is 7.11 Å². The molecule has 1 N–H and O–H groups in total. The van der Waals surface area contributed by atoms with Crippen molar-refractivity contribution in [2.45, 2.75) is 25.7 Å². The number of carboxylic acids is 1. The van der Waals surface area contributed by atoms with Crippen LogP contribution in [0.5, 0.6) is 0 Å². The van der Waals surface area contributed by atoms with Crippen molar-refractivity contribution in [3.8, 4) is 0 Å². The average Bonchev–Trinajstić information content (AvgIpc) is 2.52. The van der Waals surface area contributed by atoms with E-state index in [4.69, 9.17) is 4.74 Å². The van der Waals surface area contributed by atoms with Gasteiger partial charge in [0.05, 0.1) is 5.41 Å². The van der Waals surface area contributed by atoms with Gasteiger partial charge in [-0.1, -0.05) is 30.3 Å². The molecule has 0 bridgehead atoms.